The standard InChI is InChI=1S/C21H25NO2/c1-5-9-17-11-6-7-13-19(17)24-14-20(23)22-21-16(4)10-8-12-18(21)15(2)3/h5-8,10-13,15H,1,9,14H2,2-4H3,(H,22,23). The molecule has 0 aliphatic heterocycles. The largest absolute Gasteiger partial charge is 0.483 e. The van der Waals surface area contributed by atoms with Crippen LogP contribution in [0, 0.1) is 6.92 Å². The highest BCUT2D eigenvalue weighted by atomic mass is 16.5. The summed E-state index contributed by atoms with van der Waals surface area (Å²) in [5.41, 5.74) is 4.11. The predicted molar refractivity (Wildman–Crippen MR) is 99.7 cm³/mol. The second-order valence-electron chi connectivity index (χ2n) is 6.13. The van der Waals surface area contributed by atoms with Crippen molar-refractivity contribution in [1.82, 2.24) is 0 Å². The fourth-order valence-corrected chi connectivity index (χ4v) is 2.63. The number of ether oxygens (including phenoxy) is 1. The van der Waals surface area contributed by atoms with E-state index < -0.39 is 0 Å². The van der Waals surface area contributed by atoms with Gasteiger partial charge >= 0.3 is 0 Å². The molecule has 0 saturated carbocycles. The van der Waals surface area contributed by atoms with E-state index in [4.69, 9.17) is 4.74 Å². The van der Waals surface area contributed by atoms with Crippen LogP contribution < -0.4 is 10.1 Å². The minimum absolute atomic E-state index is 0.0139. The maximum Gasteiger partial charge on any atom is 0.262 e. The van der Waals surface area contributed by atoms with E-state index in [0.29, 0.717) is 12.3 Å². The van der Waals surface area contributed by atoms with Gasteiger partial charge in [0.15, 0.2) is 6.61 Å². The van der Waals surface area contributed by atoms with Crippen molar-refractivity contribution in [3.63, 3.8) is 0 Å². The Balaban J connectivity index is 2.06. The van der Waals surface area contributed by atoms with Crippen molar-refractivity contribution in [3.8, 4) is 5.75 Å². The van der Waals surface area contributed by atoms with Gasteiger partial charge in [0.1, 0.15) is 5.75 Å². The number of nitrogens with one attached hydrogen (secondary N) is 1. The number of para-hydroxylation sites is 2. The molecule has 0 bridgehead atoms. The van der Waals surface area contributed by atoms with Gasteiger partial charge in [-0.3, -0.25) is 4.79 Å². The van der Waals surface area contributed by atoms with E-state index in [2.05, 4.69) is 25.7 Å². The van der Waals surface area contributed by atoms with Crippen LogP contribution in [0.25, 0.3) is 0 Å². The summed E-state index contributed by atoms with van der Waals surface area (Å²) in [5, 5.41) is 3.00. The van der Waals surface area contributed by atoms with Gasteiger partial charge < -0.3 is 10.1 Å². The van der Waals surface area contributed by atoms with E-state index in [1.807, 2.05) is 55.5 Å². The summed E-state index contributed by atoms with van der Waals surface area (Å²) in [6.45, 7) is 9.97. The number of hydrogen-bond acceptors (Lipinski definition) is 2. The molecule has 2 aromatic carbocycles. The van der Waals surface area contributed by atoms with E-state index >= 15 is 0 Å². The molecular weight excluding hydrogens is 298 g/mol. The van der Waals surface area contributed by atoms with Gasteiger partial charge in [-0.1, -0.05) is 56.3 Å². The van der Waals surface area contributed by atoms with E-state index in [0.717, 1.165) is 28.1 Å². The number of aryl methyl sites for hydroxylation is 1. The van der Waals surface area contributed by atoms with Crippen LogP contribution in [-0.4, -0.2) is 12.5 Å². The van der Waals surface area contributed by atoms with Crippen LogP contribution in [0.1, 0.15) is 36.5 Å². The van der Waals surface area contributed by atoms with E-state index in [9.17, 15) is 4.79 Å². The van der Waals surface area contributed by atoms with Crippen LogP contribution in [0.4, 0.5) is 5.69 Å². The monoisotopic (exact) mass is 323 g/mol. The van der Waals surface area contributed by atoms with E-state index in [1.54, 1.807) is 0 Å². The molecule has 3 heteroatoms. The van der Waals surface area contributed by atoms with Gasteiger partial charge in [-0.2, -0.15) is 0 Å². The van der Waals surface area contributed by atoms with Gasteiger partial charge in [-0.25, -0.2) is 0 Å². The molecule has 0 spiro atoms. The average Bonchev–Trinajstić information content (AvgIpc) is 2.56. The molecule has 24 heavy (non-hydrogen) atoms. The highest BCUT2D eigenvalue weighted by Gasteiger charge is 2.13. The average molecular weight is 323 g/mol. The van der Waals surface area contributed by atoms with Gasteiger partial charge in [0, 0.05) is 5.69 Å². The fourth-order valence-electron chi connectivity index (χ4n) is 2.63. The second kappa shape index (κ2) is 8.34. The molecule has 0 aromatic heterocycles. The predicted octanol–water partition coefficient (Wildman–Crippen LogP) is 4.86. The Bertz CT molecular complexity index is 720. The van der Waals surface area contributed by atoms with Crippen LogP contribution >= 0.6 is 0 Å². The summed E-state index contributed by atoms with van der Waals surface area (Å²) in [5.74, 6) is 0.912. The minimum Gasteiger partial charge on any atom is -0.483 e. The SMILES string of the molecule is C=CCc1ccccc1OCC(=O)Nc1c(C)cccc1C(C)C. The van der Waals surface area contributed by atoms with Gasteiger partial charge in [0.2, 0.25) is 0 Å². The highest BCUT2D eigenvalue weighted by Crippen LogP contribution is 2.27. The first-order valence-corrected chi connectivity index (χ1v) is 8.24. The molecule has 0 aliphatic carbocycles. The Hall–Kier alpha value is -2.55. The lowest BCUT2D eigenvalue weighted by Gasteiger charge is -2.17. The third-order valence-corrected chi connectivity index (χ3v) is 3.89. The normalized spacial score (nSPS) is 10.5. The molecule has 0 heterocycles. The Labute approximate surface area is 144 Å². The molecule has 0 fully saturated rings. The summed E-state index contributed by atoms with van der Waals surface area (Å²) in [7, 11) is 0. The maximum absolute atomic E-state index is 12.3. The van der Waals surface area contributed by atoms with Crippen molar-refractivity contribution >= 4 is 11.6 Å². The van der Waals surface area contributed by atoms with Crippen LogP contribution in [0.5, 0.6) is 5.75 Å². The van der Waals surface area contributed by atoms with Crippen LogP contribution in [0.15, 0.2) is 55.1 Å². The molecule has 126 valence electrons. The molecule has 0 unspecified atom stereocenters. The molecule has 2 rings (SSSR count). The number of amides is 1. The van der Waals surface area contributed by atoms with Gasteiger partial charge in [-0.15, -0.1) is 6.58 Å². The zero-order valence-corrected chi connectivity index (χ0v) is 14.6. The molecular formula is C21H25NO2. The molecule has 0 atom stereocenters. The van der Waals surface area contributed by atoms with Crippen molar-refractivity contribution in [2.45, 2.75) is 33.1 Å². The Kier molecular flexibility index (Phi) is 6.19. The first-order chi connectivity index (χ1) is 11.5. The summed E-state index contributed by atoms with van der Waals surface area (Å²) in [4.78, 5) is 12.3. The fraction of sp³-hybridized carbons (Fsp3) is 0.286. The van der Waals surface area contributed by atoms with Crippen LogP contribution in [0.2, 0.25) is 0 Å². The minimum atomic E-state index is -0.153. The summed E-state index contributed by atoms with van der Waals surface area (Å²) >= 11 is 0. The first kappa shape index (κ1) is 17.8. The Morgan fingerprint density at radius 1 is 1.21 bits per heavy atom. The lowest BCUT2D eigenvalue weighted by molar-refractivity contribution is -0.118. The van der Waals surface area contributed by atoms with Crippen molar-refractivity contribution in [3.05, 3.63) is 71.8 Å². The van der Waals surface area contributed by atoms with Gasteiger partial charge in [0.25, 0.3) is 5.91 Å². The number of anilines is 1. The van der Waals surface area contributed by atoms with Crippen LogP contribution in [-0.2, 0) is 11.2 Å². The van der Waals surface area contributed by atoms with Gasteiger partial charge in [-0.05, 0) is 42.0 Å². The lowest BCUT2D eigenvalue weighted by atomic mass is 9.98. The zero-order chi connectivity index (χ0) is 17.5. The Morgan fingerprint density at radius 3 is 2.67 bits per heavy atom. The quantitative estimate of drug-likeness (QED) is 0.739. The molecule has 1 amide bonds. The van der Waals surface area contributed by atoms with Crippen molar-refractivity contribution < 1.29 is 9.53 Å². The number of allylic oxidation sites excluding steroid dienone is 1. The van der Waals surface area contributed by atoms with Crippen LogP contribution in [0.3, 0.4) is 0 Å². The van der Waals surface area contributed by atoms with Crippen molar-refractivity contribution in [1.29, 1.82) is 0 Å². The number of carbonyl (C=O) groups excluding carboxylic acids is 1. The van der Waals surface area contributed by atoms with Crippen molar-refractivity contribution in [2.24, 2.45) is 0 Å². The number of rotatable bonds is 7. The van der Waals surface area contributed by atoms with E-state index in [-0.39, 0.29) is 12.5 Å². The Morgan fingerprint density at radius 2 is 1.96 bits per heavy atom. The smallest absolute Gasteiger partial charge is 0.262 e. The molecule has 0 aliphatic rings. The highest BCUT2D eigenvalue weighted by molar-refractivity contribution is 5.93. The topological polar surface area (TPSA) is 38.3 Å². The molecule has 0 saturated heterocycles. The first-order valence-electron chi connectivity index (χ1n) is 8.24. The molecule has 1 N–H and O–H groups in total. The molecule has 2 aromatic rings. The summed E-state index contributed by atoms with van der Waals surface area (Å²) in [6.07, 6.45) is 2.54. The zero-order valence-electron chi connectivity index (χ0n) is 14.6. The van der Waals surface area contributed by atoms with Crippen molar-refractivity contribution in [2.75, 3.05) is 11.9 Å². The number of hydrogen-bond donors (Lipinski definition) is 1. The maximum atomic E-state index is 12.3. The number of benzene rings is 2. The third kappa shape index (κ3) is 4.48. The second-order valence-corrected chi connectivity index (χ2v) is 6.13. The van der Waals surface area contributed by atoms with Gasteiger partial charge in [0.05, 0.1) is 0 Å². The lowest BCUT2D eigenvalue weighted by Crippen LogP contribution is -2.22. The number of carbonyl (C=O) groups is 1. The summed E-state index contributed by atoms with van der Waals surface area (Å²) in [6, 6.07) is 13.8. The molecule has 0 radical (unpaired) electrons. The summed E-state index contributed by atoms with van der Waals surface area (Å²) < 4.78 is 5.70. The molecule has 3 nitrogen and oxygen atoms in total. The third-order valence-electron chi connectivity index (χ3n) is 3.89. The van der Waals surface area contributed by atoms with E-state index in [1.165, 1.54) is 0 Å².